The van der Waals surface area contributed by atoms with Crippen LogP contribution in [0.3, 0.4) is 0 Å². The third-order valence-electron chi connectivity index (χ3n) is 2.01. The lowest BCUT2D eigenvalue weighted by molar-refractivity contribution is -0.118. The smallest absolute Gasteiger partial charge is 0.217 e. The van der Waals surface area contributed by atoms with Crippen molar-refractivity contribution in [1.82, 2.24) is 0 Å². The van der Waals surface area contributed by atoms with Crippen molar-refractivity contribution >= 4 is 15.4 Å². The van der Waals surface area contributed by atoms with Gasteiger partial charge in [0.15, 0.2) is 0 Å². The first-order valence-electron chi connectivity index (χ1n) is 3.60. The number of primary amides is 1. The Bertz CT molecular complexity index is 110. The van der Waals surface area contributed by atoms with E-state index in [0.29, 0.717) is 5.54 Å². The molecule has 1 rings (SSSR count). The summed E-state index contributed by atoms with van der Waals surface area (Å²) in [5, 5.41) is 0. The molecular formula is C6H13NOSi. The van der Waals surface area contributed by atoms with Gasteiger partial charge in [0.1, 0.15) is 0 Å². The van der Waals surface area contributed by atoms with Gasteiger partial charge < -0.3 is 5.73 Å². The second kappa shape index (κ2) is 3.01. The van der Waals surface area contributed by atoms with Crippen LogP contribution < -0.4 is 5.73 Å². The molecule has 0 saturated carbocycles. The van der Waals surface area contributed by atoms with Crippen LogP contribution in [-0.2, 0) is 4.79 Å². The molecule has 1 amide bonds. The Hall–Kier alpha value is -0.313. The van der Waals surface area contributed by atoms with E-state index in [9.17, 15) is 4.79 Å². The Balaban J connectivity index is 2.31. The third kappa shape index (κ3) is 1.82. The lowest BCUT2D eigenvalue weighted by Gasteiger charge is -2.16. The molecule has 0 bridgehead atoms. The maximum atomic E-state index is 10.6. The predicted molar refractivity (Wildman–Crippen MR) is 40.1 cm³/mol. The van der Waals surface area contributed by atoms with Crippen LogP contribution in [0.15, 0.2) is 0 Å². The highest BCUT2D eigenvalue weighted by Gasteiger charge is 2.17. The average molecular weight is 143 g/mol. The van der Waals surface area contributed by atoms with Crippen molar-refractivity contribution in [2.45, 2.75) is 30.8 Å². The summed E-state index contributed by atoms with van der Waals surface area (Å²) in [6.07, 6.45) is 3.65. The molecule has 3 heteroatoms. The van der Waals surface area contributed by atoms with Crippen LogP contribution in [0, 0.1) is 0 Å². The van der Waals surface area contributed by atoms with Gasteiger partial charge in [-0.3, -0.25) is 4.79 Å². The summed E-state index contributed by atoms with van der Waals surface area (Å²) in [5.74, 6) is -0.0404. The molecule has 1 atom stereocenters. The fourth-order valence-electron chi connectivity index (χ4n) is 1.39. The SMILES string of the molecule is NC(=O)C1CCCC[SiH2]1. The van der Waals surface area contributed by atoms with Gasteiger partial charge in [0.25, 0.3) is 0 Å². The fourth-order valence-corrected chi connectivity index (χ4v) is 3.38. The van der Waals surface area contributed by atoms with Crippen molar-refractivity contribution < 1.29 is 4.79 Å². The third-order valence-corrected chi connectivity index (χ3v) is 4.42. The zero-order chi connectivity index (χ0) is 6.69. The summed E-state index contributed by atoms with van der Waals surface area (Å²) in [7, 11) is -0.0995. The summed E-state index contributed by atoms with van der Waals surface area (Å²) in [5.41, 5.74) is 5.50. The van der Waals surface area contributed by atoms with Crippen LogP contribution in [0.5, 0.6) is 0 Å². The van der Waals surface area contributed by atoms with E-state index >= 15 is 0 Å². The van der Waals surface area contributed by atoms with Crippen molar-refractivity contribution in [3.8, 4) is 0 Å². The molecule has 2 nitrogen and oxygen atoms in total. The van der Waals surface area contributed by atoms with Gasteiger partial charge in [-0.1, -0.05) is 18.9 Å². The number of carbonyl (C=O) groups excluding carboxylic acids is 1. The molecule has 0 aromatic rings. The van der Waals surface area contributed by atoms with E-state index in [1.807, 2.05) is 0 Å². The van der Waals surface area contributed by atoms with Crippen molar-refractivity contribution in [1.29, 1.82) is 0 Å². The summed E-state index contributed by atoms with van der Waals surface area (Å²) in [6, 6.07) is 1.33. The molecule has 1 aliphatic heterocycles. The second-order valence-electron chi connectivity index (χ2n) is 2.74. The van der Waals surface area contributed by atoms with E-state index in [1.54, 1.807) is 0 Å². The monoisotopic (exact) mass is 143 g/mol. The molecule has 0 aliphatic carbocycles. The van der Waals surface area contributed by atoms with Crippen LogP contribution in [-0.4, -0.2) is 15.4 Å². The van der Waals surface area contributed by atoms with E-state index in [2.05, 4.69) is 0 Å². The molecule has 1 fully saturated rings. The quantitative estimate of drug-likeness (QED) is 0.517. The average Bonchev–Trinajstić information content (AvgIpc) is 1.90. The van der Waals surface area contributed by atoms with Crippen LogP contribution in [0.25, 0.3) is 0 Å². The summed E-state index contributed by atoms with van der Waals surface area (Å²) < 4.78 is 0. The van der Waals surface area contributed by atoms with Crippen LogP contribution >= 0.6 is 0 Å². The lowest BCUT2D eigenvalue weighted by Crippen LogP contribution is -2.25. The maximum Gasteiger partial charge on any atom is 0.217 e. The molecule has 0 aromatic carbocycles. The first kappa shape index (κ1) is 6.80. The van der Waals surface area contributed by atoms with Gasteiger partial charge in [0.05, 0.1) is 0 Å². The number of rotatable bonds is 1. The second-order valence-corrected chi connectivity index (χ2v) is 5.01. The molecule has 52 valence electrons. The number of carbonyl (C=O) groups is 1. The van der Waals surface area contributed by atoms with Gasteiger partial charge in [-0.05, 0) is 6.42 Å². The molecule has 1 aliphatic rings. The molecule has 0 radical (unpaired) electrons. The Morgan fingerprint density at radius 2 is 2.33 bits per heavy atom. The van der Waals surface area contributed by atoms with Crippen molar-refractivity contribution in [3.63, 3.8) is 0 Å². The van der Waals surface area contributed by atoms with Gasteiger partial charge in [0.2, 0.25) is 5.91 Å². The highest BCUT2D eigenvalue weighted by molar-refractivity contribution is 6.44. The van der Waals surface area contributed by atoms with E-state index in [1.165, 1.54) is 18.9 Å². The number of hydrogen-bond acceptors (Lipinski definition) is 1. The van der Waals surface area contributed by atoms with Crippen LogP contribution in [0.4, 0.5) is 0 Å². The molecule has 1 heterocycles. The van der Waals surface area contributed by atoms with Crippen LogP contribution in [0.1, 0.15) is 19.3 Å². The largest absolute Gasteiger partial charge is 0.370 e. The highest BCUT2D eigenvalue weighted by Crippen LogP contribution is 2.21. The molecule has 9 heavy (non-hydrogen) atoms. The van der Waals surface area contributed by atoms with E-state index in [4.69, 9.17) is 5.73 Å². The van der Waals surface area contributed by atoms with Crippen molar-refractivity contribution in [2.75, 3.05) is 0 Å². The Labute approximate surface area is 57.6 Å². The standard InChI is InChI=1S/C6H13NOSi/c7-6(8)5-3-1-2-4-9-5/h5H,1-4,9H2,(H2,7,8). The Kier molecular flexibility index (Phi) is 2.27. The fraction of sp³-hybridized carbons (Fsp3) is 0.833. The van der Waals surface area contributed by atoms with Gasteiger partial charge in [-0.25, -0.2) is 0 Å². The summed E-state index contributed by atoms with van der Waals surface area (Å²) in [4.78, 5) is 10.6. The molecular weight excluding hydrogens is 130 g/mol. The minimum absolute atomic E-state index is 0.0404. The van der Waals surface area contributed by atoms with Crippen molar-refractivity contribution in [3.05, 3.63) is 0 Å². The maximum absolute atomic E-state index is 10.6. The first-order valence-corrected chi connectivity index (χ1v) is 5.41. The zero-order valence-corrected chi connectivity index (χ0v) is 7.01. The van der Waals surface area contributed by atoms with E-state index in [-0.39, 0.29) is 15.4 Å². The summed E-state index contributed by atoms with van der Waals surface area (Å²) in [6.45, 7) is 0. The molecule has 1 unspecified atom stereocenters. The Morgan fingerprint density at radius 1 is 1.56 bits per heavy atom. The van der Waals surface area contributed by atoms with Crippen molar-refractivity contribution in [2.24, 2.45) is 5.73 Å². The number of nitrogens with two attached hydrogens (primary N) is 1. The number of hydrogen-bond donors (Lipinski definition) is 1. The zero-order valence-electron chi connectivity index (χ0n) is 5.60. The van der Waals surface area contributed by atoms with Gasteiger partial charge in [0, 0.05) is 15.1 Å². The molecule has 2 N–H and O–H groups in total. The predicted octanol–water partition coefficient (Wildman–Crippen LogP) is 0.0312. The van der Waals surface area contributed by atoms with Gasteiger partial charge in [-0.15, -0.1) is 0 Å². The lowest BCUT2D eigenvalue weighted by atomic mass is 10.2. The number of amides is 1. The van der Waals surface area contributed by atoms with E-state index < -0.39 is 0 Å². The minimum atomic E-state index is -0.0995. The van der Waals surface area contributed by atoms with Crippen LogP contribution in [0.2, 0.25) is 11.6 Å². The normalized spacial score (nSPS) is 30.4. The highest BCUT2D eigenvalue weighted by atomic mass is 28.2. The summed E-state index contributed by atoms with van der Waals surface area (Å²) >= 11 is 0. The molecule has 0 spiro atoms. The molecule has 1 saturated heterocycles. The van der Waals surface area contributed by atoms with Gasteiger partial charge in [-0.2, -0.15) is 0 Å². The Morgan fingerprint density at radius 3 is 2.67 bits per heavy atom. The molecule has 0 aromatic heterocycles. The van der Waals surface area contributed by atoms with E-state index in [0.717, 1.165) is 6.42 Å². The minimum Gasteiger partial charge on any atom is -0.370 e. The topological polar surface area (TPSA) is 43.1 Å². The first-order chi connectivity index (χ1) is 4.30. The van der Waals surface area contributed by atoms with Gasteiger partial charge >= 0.3 is 0 Å².